The number of amides is 2. The summed E-state index contributed by atoms with van der Waals surface area (Å²) >= 11 is 1.17. The fourth-order valence-electron chi connectivity index (χ4n) is 3.61. The molecule has 1 aromatic heterocycles. The number of nitrogens with two attached hydrogens (primary N) is 1. The lowest BCUT2D eigenvalue weighted by Gasteiger charge is -2.20. The minimum atomic E-state index is -0.533. The van der Waals surface area contributed by atoms with Crippen LogP contribution in [0.3, 0.4) is 0 Å². The first-order chi connectivity index (χ1) is 16.8. The van der Waals surface area contributed by atoms with Gasteiger partial charge in [0.15, 0.2) is 5.16 Å². The van der Waals surface area contributed by atoms with Gasteiger partial charge < -0.3 is 15.4 Å². The van der Waals surface area contributed by atoms with E-state index in [1.807, 2.05) is 0 Å². The van der Waals surface area contributed by atoms with Gasteiger partial charge in [-0.2, -0.15) is 0 Å². The van der Waals surface area contributed by atoms with Crippen molar-refractivity contribution in [3.63, 3.8) is 0 Å². The zero-order valence-electron chi connectivity index (χ0n) is 19.7. The highest BCUT2D eigenvalue weighted by Gasteiger charge is 2.20. The number of hydrogen-bond donors (Lipinski definition) is 1. The average Bonchev–Trinajstić information content (AvgIpc) is 2.87. The molecule has 10 heteroatoms. The Bertz CT molecular complexity index is 1290. The number of nitrogens with zero attached hydrogens (tertiary/aromatic N) is 3. The Morgan fingerprint density at radius 3 is 2.51 bits per heavy atom. The summed E-state index contributed by atoms with van der Waals surface area (Å²) in [7, 11) is 2.87. The van der Waals surface area contributed by atoms with Gasteiger partial charge >= 0.3 is 5.97 Å². The number of anilines is 1. The van der Waals surface area contributed by atoms with Gasteiger partial charge in [0, 0.05) is 20.0 Å². The lowest BCUT2D eigenvalue weighted by Crippen LogP contribution is -2.30. The molecule has 2 N–H and O–H groups in total. The van der Waals surface area contributed by atoms with Gasteiger partial charge in [0.05, 0.1) is 35.0 Å². The summed E-state index contributed by atoms with van der Waals surface area (Å²) in [4.78, 5) is 55.2. The van der Waals surface area contributed by atoms with Crippen molar-refractivity contribution in [3.8, 4) is 0 Å². The number of para-hydroxylation sites is 2. The smallest absolute Gasteiger partial charge is 0.339 e. The maximum Gasteiger partial charge on any atom is 0.339 e. The van der Waals surface area contributed by atoms with Crippen molar-refractivity contribution < 1.29 is 19.1 Å². The number of carbonyl (C=O) groups excluding carboxylic acids is 3. The molecule has 3 aromatic rings. The van der Waals surface area contributed by atoms with Gasteiger partial charge in [-0.25, -0.2) is 9.78 Å². The molecule has 9 nitrogen and oxygen atoms in total. The summed E-state index contributed by atoms with van der Waals surface area (Å²) in [6.07, 6.45) is 2.36. The van der Waals surface area contributed by atoms with E-state index in [1.165, 1.54) is 23.8 Å². The Kier molecular flexibility index (Phi) is 9.02. The van der Waals surface area contributed by atoms with Crippen LogP contribution in [-0.2, 0) is 20.9 Å². The SMILES string of the molecule is COC(=O)c1ccccc1N(C)C(=O)CSc1nc2ccccc2c(=O)n1CCCCCC(N)=O. The van der Waals surface area contributed by atoms with Gasteiger partial charge in [-0.15, -0.1) is 0 Å². The topological polar surface area (TPSA) is 125 Å². The second-order valence-corrected chi connectivity index (χ2v) is 8.84. The van der Waals surface area contributed by atoms with E-state index in [0.717, 1.165) is 6.42 Å². The fraction of sp³-hybridized carbons (Fsp3) is 0.320. The summed E-state index contributed by atoms with van der Waals surface area (Å²) in [5.41, 5.74) is 6.29. The number of benzene rings is 2. The van der Waals surface area contributed by atoms with E-state index in [1.54, 1.807) is 60.1 Å². The molecule has 0 aliphatic carbocycles. The molecule has 3 rings (SSSR count). The van der Waals surface area contributed by atoms with E-state index in [0.29, 0.717) is 47.6 Å². The third-order valence-electron chi connectivity index (χ3n) is 5.50. The van der Waals surface area contributed by atoms with Crippen LogP contribution in [0.2, 0.25) is 0 Å². The van der Waals surface area contributed by atoms with Gasteiger partial charge in [0.2, 0.25) is 11.8 Å². The monoisotopic (exact) mass is 496 g/mol. The standard InChI is InChI=1S/C25H28N4O5S/c1-28(20-13-8-6-11-18(20)24(33)34-2)22(31)16-35-25-27-19-12-7-5-10-17(19)23(32)29(25)15-9-3-4-14-21(26)30/h5-8,10-13H,3-4,9,14-16H2,1-2H3,(H2,26,30). The fourth-order valence-corrected chi connectivity index (χ4v) is 4.55. The third kappa shape index (κ3) is 6.48. The molecule has 0 spiro atoms. The number of rotatable bonds is 11. The van der Waals surface area contributed by atoms with E-state index >= 15 is 0 Å². The van der Waals surface area contributed by atoms with Gasteiger partial charge in [0.1, 0.15) is 0 Å². The van der Waals surface area contributed by atoms with Crippen LogP contribution >= 0.6 is 11.8 Å². The van der Waals surface area contributed by atoms with E-state index < -0.39 is 5.97 Å². The number of esters is 1. The van der Waals surface area contributed by atoms with Crippen molar-refractivity contribution in [2.24, 2.45) is 5.73 Å². The maximum absolute atomic E-state index is 13.2. The molecule has 0 saturated carbocycles. The summed E-state index contributed by atoms with van der Waals surface area (Å²) in [6.45, 7) is 0.410. The van der Waals surface area contributed by atoms with Crippen molar-refractivity contribution >= 4 is 46.1 Å². The summed E-state index contributed by atoms with van der Waals surface area (Å²) < 4.78 is 6.39. The molecular weight excluding hydrogens is 468 g/mol. The number of ether oxygens (including phenoxy) is 1. The van der Waals surface area contributed by atoms with Crippen LogP contribution in [0.4, 0.5) is 5.69 Å². The molecule has 0 saturated heterocycles. The Morgan fingerprint density at radius 2 is 1.77 bits per heavy atom. The zero-order chi connectivity index (χ0) is 25.4. The Morgan fingerprint density at radius 1 is 1.06 bits per heavy atom. The highest BCUT2D eigenvalue weighted by atomic mass is 32.2. The van der Waals surface area contributed by atoms with Gasteiger partial charge in [-0.1, -0.05) is 42.4 Å². The van der Waals surface area contributed by atoms with E-state index in [-0.39, 0.29) is 28.7 Å². The second-order valence-electron chi connectivity index (χ2n) is 7.90. The van der Waals surface area contributed by atoms with Crippen LogP contribution < -0.4 is 16.2 Å². The average molecular weight is 497 g/mol. The maximum atomic E-state index is 13.2. The number of methoxy groups -OCH3 is 1. The van der Waals surface area contributed by atoms with Crippen LogP contribution in [0.5, 0.6) is 0 Å². The number of aromatic nitrogens is 2. The molecular formula is C25H28N4O5S. The molecule has 0 fully saturated rings. The zero-order valence-corrected chi connectivity index (χ0v) is 20.5. The Labute approximate surface area is 207 Å². The first kappa shape index (κ1) is 26.0. The van der Waals surface area contributed by atoms with Crippen LogP contribution in [0.1, 0.15) is 36.0 Å². The summed E-state index contributed by atoms with van der Waals surface area (Å²) in [6, 6.07) is 13.8. The number of carbonyl (C=O) groups is 3. The lowest BCUT2D eigenvalue weighted by atomic mass is 10.1. The molecule has 1 heterocycles. The van der Waals surface area contributed by atoms with Gasteiger partial charge in [-0.3, -0.25) is 19.0 Å². The predicted molar refractivity (Wildman–Crippen MR) is 136 cm³/mol. The van der Waals surface area contributed by atoms with E-state index in [2.05, 4.69) is 4.98 Å². The normalized spacial score (nSPS) is 10.8. The number of thioether (sulfide) groups is 1. The first-order valence-corrected chi connectivity index (χ1v) is 12.2. The van der Waals surface area contributed by atoms with Crippen LogP contribution in [-0.4, -0.2) is 47.2 Å². The third-order valence-corrected chi connectivity index (χ3v) is 6.46. The van der Waals surface area contributed by atoms with E-state index in [4.69, 9.17) is 10.5 Å². The Hall–Kier alpha value is -3.66. The van der Waals surface area contributed by atoms with Crippen LogP contribution in [0.15, 0.2) is 58.5 Å². The molecule has 0 aliphatic heterocycles. The van der Waals surface area contributed by atoms with Gasteiger partial charge in [0.25, 0.3) is 5.56 Å². The number of primary amides is 1. The first-order valence-electron chi connectivity index (χ1n) is 11.2. The number of hydrogen-bond acceptors (Lipinski definition) is 7. The molecule has 184 valence electrons. The molecule has 35 heavy (non-hydrogen) atoms. The quantitative estimate of drug-likeness (QED) is 0.187. The van der Waals surface area contributed by atoms with Crippen molar-refractivity contribution in [2.75, 3.05) is 24.8 Å². The molecule has 0 atom stereocenters. The van der Waals surface area contributed by atoms with Crippen molar-refractivity contribution in [3.05, 3.63) is 64.4 Å². The minimum absolute atomic E-state index is 0.0124. The van der Waals surface area contributed by atoms with Crippen molar-refractivity contribution in [2.45, 2.75) is 37.4 Å². The molecule has 2 amide bonds. The number of fused-ring (bicyclic) bond motifs is 1. The minimum Gasteiger partial charge on any atom is -0.465 e. The van der Waals surface area contributed by atoms with E-state index in [9.17, 15) is 19.2 Å². The molecule has 0 aliphatic rings. The second kappa shape index (κ2) is 12.2. The molecule has 0 unspecified atom stereocenters. The molecule has 0 bridgehead atoms. The van der Waals surface area contributed by atoms with Crippen molar-refractivity contribution in [1.29, 1.82) is 0 Å². The summed E-state index contributed by atoms with van der Waals surface area (Å²) in [5.74, 6) is -1.13. The largest absolute Gasteiger partial charge is 0.465 e. The van der Waals surface area contributed by atoms with Gasteiger partial charge in [-0.05, 0) is 37.1 Å². The Balaban J connectivity index is 1.80. The van der Waals surface area contributed by atoms with Crippen LogP contribution in [0, 0.1) is 0 Å². The molecule has 2 aromatic carbocycles. The number of unbranched alkanes of at least 4 members (excludes halogenated alkanes) is 2. The highest BCUT2D eigenvalue weighted by Crippen LogP contribution is 2.23. The highest BCUT2D eigenvalue weighted by molar-refractivity contribution is 7.99. The van der Waals surface area contributed by atoms with Crippen molar-refractivity contribution in [1.82, 2.24) is 9.55 Å². The van der Waals surface area contributed by atoms with Crippen LogP contribution in [0.25, 0.3) is 10.9 Å². The summed E-state index contributed by atoms with van der Waals surface area (Å²) in [5, 5.41) is 0.941. The predicted octanol–water partition coefficient (Wildman–Crippen LogP) is 2.98. The molecule has 0 radical (unpaired) electrons. The lowest BCUT2D eigenvalue weighted by molar-refractivity contribution is -0.118.